The highest BCUT2D eigenvalue weighted by atomic mass is 16.3. The summed E-state index contributed by atoms with van der Waals surface area (Å²) in [4.78, 5) is 25.9. The van der Waals surface area contributed by atoms with Crippen molar-refractivity contribution in [3.8, 4) is 5.75 Å². The minimum Gasteiger partial charge on any atom is -0.507 e. The Labute approximate surface area is 139 Å². The Kier molecular flexibility index (Phi) is 3.24. The summed E-state index contributed by atoms with van der Waals surface area (Å²) in [7, 11) is 0. The number of carbonyl (C=O) groups excluding carboxylic acids is 2. The zero-order valence-corrected chi connectivity index (χ0v) is 13.5. The fourth-order valence-electron chi connectivity index (χ4n) is 4.73. The highest BCUT2D eigenvalue weighted by Crippen LogP contribution is 2.51. The average Bonchev–Trinajstić information content (AvgIpc) is 2.53. The van der Waals surface area contributed by atoms with Gasteiger partial charge in [-0.15, -0.1) is 0 Å². The standard InChI is InChI=1S/C19H20O5/c1-9-5-6-12-15-11(7-14(21)19(12,24)8-9)18(23)16-10(17(15)22)3-2-4-13(16)20/h2-4,9,12,14,20-21,24H,5-8H2,1H3. The molecule has 0 bridgehead atoms. The lowest BCUT2D eigenvalue weighted by Crippen LogP contribution is -2.57. The van der Waals surface area contributed by atoms with Gasteiger partial charge >= 0.3 is 0 Å². The van der Waals surface area contributed by atoms with E-state index in [4.69, 9.17) is 0 Å². The molecule has 0 heterocycles. The Balaban J connectivity index is 1.90. The molecule has 1 saturated carbocycles. The molecule has 3 aliphatic rings. The van der Waals surface area contributed by atoms with E-state index in [2.05, 4.69) is 0 Å². The van der Waals surface area contributed by atoms with Gasteiger partial charge in [-0.2, -0.15) is 0 Å². The number of phenols is 1. The van der Waals surface area contributed by atoms with Crippen LogP contribution in [0.1, 0.15) is 53.3 Å². The molecule has 0 aliphatic heterocycles. The first-order chi connectivity index (χ1) is 11.3. The van der Waals surface area contributed by atoms with Gasteiger partial charge in [0.2, 0.25) is 0 Å². The van der Waals surface area contributed by atoms with Crippen molar-refractivity contribution >= 4 is 11.6 Å². The maximum atomic E-state index is 13.0. The maximum Gasteiger partial charge on any atom is 0.194 e. The second-order valence-corrected chi connectivity index (χ2v) is 7.40. The van der Waals surface area contributed by atoms with Gasteiger partial charge in [0.05, 0.1) is 17.3 Å². The number of aliphatic hydroxyl groups is 2. The molecule has 24 heavy (non-hydrogen) atoms. The number of hydrogen-bond acceptors (Lipinski definition) is 5. The summed E-state index contributed by atoms with van der Waals surface area (Å²) in [5.41, 5.74) is -0.552. The van der Waals surface area contributed by atoms with Gasteiger partial charge in [0.15, 0.2) is 11.6 Å². The van der Waals surface area contributed by atoms with Gasteiger partial charge in [-0.25, -0.2) is 0 Å². The van der Waals surface area contributed by atoms with Gasteiger partial charge in [0.1, 0.15) is 5.75 Å². The summed E-state index contributed by atoms with van der Waals surface area (Å²) in [6, 6.07) is 4.46. The fourth-order valence-corrected chi connectivity index (χ4v) is 4.73. The molecule has 1 aromatic rings. The molecule has 126 valence electrons. The SMILES string of the molecule is CC1CCC2C3=C(CC(O)C2(O)C1)C(=O)c1c(O)cccc1C3=O. The average molecular weight is 328 g/mol. The third-order valence-electron chi connectivity index (χ3n) is 5.91. The number of benzene rings is 1. The molecule has 4 atom stereocenters. The van der Waals surface area contributed by atoms with Crippen molar-refractivity contribution in [2.45, 2.75) is 44.3 Å². The lowest BCUT2D eigenvalue weighted by Gasteiger charge is -2.50. The van der Waals surface area contributed by atoms with E-state index in [9.17, 15) is 24.9 Å². The molecule has 4 rings (SSSR count). The maximum absolute atomic E-state index is 13.0. The Hall–Kier alpha value is -1.98. The zero-order chi connectivity index (χ0) is 17.2. The molecule has 0 spiro atoms. The second kappa shape index (κ2) is 5.01. The van der Waals surface area contributed by atoms with Gasteiger partial charge in [-0.1, -0.05) is 19.1 Å². The van der Waals surface area contributed by atoms with Crippen LogP contribution in [0.15, 0.2) is 29.3 Å². The van der Waals surface area contributed by atoms with E-state index in [0.717, 1.165) is 6.42 Å². The first kappa shape index (κ1) is 15.5. The summed E-state index contributed by atoms with van der Waals surface area (Å²) in [5, 5.41) is 31.6. The summed E-state index contributed by atoms with van der Waals surface area (Å²) >= 11 is 0. The summed E-state index contributed by atoms with van der Waals surface area (Å²) < 4.78 is 0. The topological polar surface area (TPSA) is 94.8 Å². The van der Waals surface area contributed by atoms with Crippen LogP contribution in [-0.2, 0) is 0 Å². The quantitative estimate of drug-likeness (QED) is 0.677. The first-order valence-electron chi connectivity index (χ1n) is 8.39. The van der Waals surface area contributed by atoms with Crippen LogP contribution in [0.2, 0.25) is 0 Å². The van der Waals surface area contributed by atoms with Gasteiger partial charge in [-0.3, -0.25) is 9.59 Å². The van der Waals surface area contributed by atoms with Gasteiger partial charge < -0.3 is 15.3 Å². The first-order valence-corrected chi connectivity index (χ1v) is 8.39. The predicted molar refractivity (Wildman–Crippen MR) is 85.9 cm³/mol. The molecule has 0 aromatic heterocycles. The van der Waals surface area contributed by atoms with Gasteiger partial charge in [0, 0.05) is 29.0 Å². The van der Waals surface area contributed by atoms with Crippen molar-refractivity contribution in [3.05, 3.63) is 40.5 Å². The van der Waals surface area contributed by atoms with Crippen LogP contribution in [-0.4, -0.2) is 38.6 Å². The van der Waals surface area contributed by atoms with Crippen molar-refractivity contribution < 1.29 is 24.9 Å². The van der Waals surface area contributed by atoms with Gasteiger partial charge in [-0.05, 0) is 31.2 Å². The van der Waals surface area contributed by atoms with Crippen molar-refractivity contribution in [1.29, 1.82) is 0 Å². The molecule has 0 radical (unpaired) electrons. The fraction of sp³-hybridized carbons (Fsp3) is 0.474. The third-order valence-corrected chi connectivity index (χ3v) is 5.91. The number of aromatic hydroxyl groups is 1. The summed E-state index contributed by atoms with van der Waals surface area (Å²) in [6.45, 7) is 2.02. The minimum absolute atomic E-state index is 0.0167. The highest BCUT2D eigenvalue weighted by molar-refractivity contribution is 6.28. The zero-order valence-electron chi connectivity index (χ0n) is 13.5. The number of rotatable bonds is 0. The molecule has 0 amide bonds. The number of Topliss-reactive ketones (excluding diaryl/α,β-unsaturated/α-hetero) is 2. The third kappa shape index (κ3) is 1.88. The molecule has 3 aliphatic carbocycles. The highest BCUT2D eigenvalue weighted by Gasteiger charge is 2.55. The van der Waals surface area contributed by atoms with Crippen LogP contribution < -0.4 is 0 Å². The molecule has 4 unspecified atom stereocenters. The van der Waals surface area contributed by atoms with Crippen molar-refractivity contribution in [2.75, 3.05) is 0 Å². The lowest BCUT2D eigenvalue weighted by atomic mass is 9.58. The smallest absolute Gasteiger partial charge is 0.194 e. The Morgan fingerprint density at radius 3 is 2.67 bits per heavy atom. The summed E-state index contributed by atoms with van der Waals surface area (Å²) in [5.74, 6) is -1.20. The van der Waals surface area contributed by atoms with Crippen molar-refractivity contribution in [1.82, 2.24) is 0 Å². The lowest BCUT2D eigenvalue weighted by molar-refractivity contribution is -0.137. The van der Waals surface area contributed by atoms with E-state index in [0.29, 0.717) is 18.4 Å². The van der Waals surface area contributed by atoms with E-state index in [1.165, 1.54) is 18.2 Å². The molecular weight excluding hydrogens is 308 g/mol. The second-order valence-electron chi connectivity index (χ2n) is 7.40. The Bertz CT molecular complexity index is 793. The number of aliphatic hydroxyl groups excluding tert-OH is 1. The molecule has 5 heteroatoms. The van der Waals surface area contributed by atoms with E-state index in [1.807, 2.05) is 6.92 Å². The number of hydrogen-bond donors (Lipinski definition) is 3. The molecular formula is C19H20O5. The molecule has 1 fully saturated rings. The molecule has 5 nitrogen and oxygen atoms in total. The van der Waals surface area contributed by atoms with E-state index < -0.39 is 23.4 Å². The molecule has 1 aromatic carbocycles. The predicted octanol–water partition coefficient (Wildman–Crippen LogP) is 2.00. The number of fused-ring (bicyclic) bond motifs is 3. The largest absolute Gasteiger partial charge is 0.507 e. The van der Waals surface area contributed by atoms with Crippen LogP contribution in [0.25, 0.3) is 0 Å². The molecule has 0 saturated heterocycles. The normalized spacial score (nSPS) is 35.4. The molecule has 3 N–H and O–H groups in total. The van der Waals surface area contributed by atoms with Crippen LogP contribution in [0.4, 0.5) is 0 Å². The van der Waals surface area contributed by atoms with E-state index >= 15 is 0 Å². The Morgan fingerprint density at radius 2 is 1.92 bits per heavy atom. The Morgan fingerprint density at radius 1 is 1.17 bits per heavy atom. The number of phenolic OH excluding ortho intramolecular Hbond substituents is 1. The van der Waals surface area contributed by atoms with Crippen molar-refractivity contribution in [3.63, 3.8) is 0 Å². The van der Waals surface area contributed by atoms with Crippen LogP contribution >= 0.6 is 0 Å². The number of ketones is 2. The monoisotopic (exact) mass is 328 g/mol. The van der Waals surface area contributed by atoms with Crippen LogP contribution in [0.3, 0.4) is 0 Å². The van der Waals surface area contributed by atoms with Crippen LogP contribution in [0.5, 0.6) is 5.75 Å². The van der Waals surface area contributed by atoms with E-state index in [-0.39, 0.29) is 40.6 Å². The summed E-state index contributed by atoms with van der Waals surface area (Å²) in [6.07, 6.45) is 0.705. The number of carbonyl (C=O) groups is 2. The van der Waals surface area contributed by atoms with Crippen LogP contribution in [0, 0.1) is 11.8 Å². The van der Waals surface area contributed by atoms with Gasteiger partial charge in [0.25, 0.3) is 0 Å². The van der Waals surface area contributed by atoms with E-state index in [1.54, 1.807) is 0 Å². The van der Waals surface area contributed by atoms with Crippen molar-refractivity contribution in [2.24, 2.45) is 11.8 Å². The minimum atomic E-state index is -1.36.